The molecule has 0 radical (unpaired) electrons. The number of benzene rings is 2. The molecule has 6 heteroatoms. The Morgan fingerprint density at radius 3 is 2.56 bits per heavy atom. The second-order valence-corrected chi connectivity index (χ2v) is 6.94. The van der Waals surface area contributed by atoms with E-state index < -0.39 is 0 Å². The SMILES string of the molecule is Clc1ccc(-c2ccc(-c3ccc4c(cnn4CC4=NCCN4)c3)o2)cc1. The highest BCUT2D eigenvalue weighted by molar-refractivity contribution is 6.30. The third-order valence-corrected chi connectivity index (χ3v) is 4.96. The van der Waals surface area contributed by atoms with Crippen molar-refractivity contribution in [3.63, 3.8) is 0 Å². The number of aromatic nitrogens is 2. The molecule has 27 heavy (non-hydrogen) atoms. The van der Waals surface area contributed by atoms with E-state index >= 15 is 0 Å². The van der Waals surface area contributed by atoms with Gasteiger partial charge in [0, 0.05) is 28.1 Å². The first-order chi connectivity index (χ1) is 13.3. The Kier molecular flexibility index (Phi) is 3.94. The Hall–Kier alpha value is -3.05. The van der Waals surface area contributed by atoms with Crippen molar-refractivity contribution in [2.45, 2.75) is 6.54 Å². The predicted octanol–water partition coefficient (Wildman–Crippen LogP) is 4.62. The molecular weight excluding hydrogens is 360 g/mol. The van der Waals surface area contributed by atoms with Crippen LogP contribution in [0.4, 0.5) is 0 Å². The predicted molar refractivity (Wildman–Crippen MR) is 108 cm³/mol. The van der Waals surface area contributed by atoms with Gasteiger partial charge in [-0.05, 0) is 54.6 Å². The van der Waals surface area contributed by atoms with Crippen molar-refractivity contribution in [1.82, 2.24) is 15.1 Å². The summed E-state index contributed by atoms with van der Waals surface area (Å²) in [5, 5.41) is 9.59. The van der Waals surface area contributed by atoms with Crippen molar-refractivity contribution in [3.8, 4) is 22.6 Å². The lowest BCUT2D eigenvalue weighted by atomic mass is 10.1. The third kappa shape index (κ3) is 3.11. The number of nitrogens with zero attached hydrogens (tertiary/aromatic N) is 3. The zero-order chi connectivity index (χ0) is 18.2. The van der Waals surface area contributed by atoms with Crippen molar-refractivity contribution in [2.24, 2.45) is 4.99 Å². The second kappa shape index (κ2) is 6.59. The number of fused-ring (bicyclic) bond motifs is 1. The molecule has 0 spiro atoms. The van der Waals surface area contributed by atoms with E-state index in [1.165, 1.54) is 0 Å². The highest BCUT2D eigenvalue weighted by Crippen LogP contribution is 2.30. The Morgan fingerprint density at radius 2 is 1.78 bits per heavy atom. The largest absolute Gasteiger partial charge is 0.456 e. The molecule has 0 fully saturated rings. The smallest absolute Gasteiger partial charge is 0.134 e. The molecule has 4 aromatic rings. The summed E-state index contributed by atoms with van der Waals surface area (Å²) in [6.45, 7) is 2.42. The number of nitrogens with one attached hydrogen (secondary N) is 1. The van der Waals surface area contributed by atoms with E-state index in [1.54, 1.807) is 0 Å². The number of aliphatic imine (C=N–C) groups is 1. The van der Waals surface area contributed by atoms with Crippen LogP contribution in [0.2, 0.25) is 5.02 Å². The lowest BCUT2D eigenvalue weighted by Gasteiger charge is -2.05. The second-order valence-electron chi connectivity index (χ2n) is 6.50. The average Bonchev–Trinajstić information content (AvgIpc) is 3.43. The summed E-state index contributed by atoms with van der Waals surface area (Å²) in [5.41, 5.74) is 3.11. The Morgan fingerprint density at radius 1 is 1.00 bits per heavy atom. The molecule has 0 aliphatic carbocycles. The van der Waals surface area contributed by atoms with E-state index in [-0.39, 0.29) is 0 Å². The van der Waals surface area contributed by atoms with Crippen LogP contribution in [-0.4, -0.2) is 28.7 Å². The molecule has 5 nitrogen and oxygen atoms in total. The first kappa shape index (κ1) is 16.1. The van der Waals surface area contributed by atoms with Crippen molar-refractivity contribution >= 4 is 28.3 Å². The summed E-state index contributed by atoms with van der Waals surface area (Å²) < 4.78 is 8.03. The van der Waals surface area contributed by atoms with Gasteiger partial charge in [0.1, 0.15) is 17.4 Å². The van der Waals surface area contributed by atoms with E-state index in [0.717, 1.165) is 52.5 Å². The van der Waals surface area contributed by atoms with Crippen molar-refractivity contribution in [2.75, 3.05) is 13.1 Å². The average molecular weight is 377 g/mol. The van der Waals surface area contributed by atoms with Gasteiger partial charge in [-0.1, -0.05) is 11.6 Å². The van der Waals surface area contributed by atoms with Crippen LogP contribution < -0.4 is 5.32 Å². The molecule has 2 aromatic heterocycles. The van der Waals surface area contributed by atoms with Crippen LogP contribution in [0.15, 0.2) is 70.2 Å². The molecule has 1 aliphatic rings. The number of halogens is 1. The summed E-state index contributed by atoms with van der Waals surface area (Å²) in [7, 11) is 0. The van der Waals surface area contributed by atoms with Gasteiger partial charge in [-0.25, -0.2) is 0 Å². The summed E-state index contributed by atoms with van der Waals surface area (Å²) in [4.78, 5) is 4.44. The van der Waals surface area contributed by atoms with Gasteiger partial charge in [0.15, 0.2) is 0 Å². The fourth-order valence-electron chi connectivity index (χ4n) is 3.32. The summed E-state index contributed by atoms with van der Waals surface area (Å²) >= 11 is 5.96. The number of hydrogen-bond donors (Lipinski definition) is 1. The minimum Gasteiger partial charge on any atom is -0.456 e. The van der Waals surface area contributed by atoms with Crippen LogP contribution >= 0.6 is 11.6 Å². The van der Waals surface area contributed by atoms with Crippen LogP contribution in [-0.2, 0) is 6.54 Å². The molecule has 134 valence electrons. The zero-order valence-electron chi connectivity index (χ0n) is 14.5. The van der Waals surface area contributed by atoms with Gasteiger partial charge in [-0.15, -0.1) is 0 Å². The minimum atomic E-state index is 0.671. The van der Waals surface area contributed by atoms with Crippen molar-refractivity contribution < 1.29 is 4.42 Å². The molecule has 1 aliphatic heterocycles. The molecule has 3 heterocycles. The van der Waals surface area contributed by atoms with E-state index in [4.69, 9.17) is 16.0 Å². The fourth-order valence-corrected chi connectivity index (χ4v) is 3.45. The van der Waals surface area contributed by atoms with Crippen LogP contribution in [0, 0.1) is 0 Å². The van der Waals surface area contributed by atoms with Crippen LogP contribution in [0.3, 0.4) is 0 Å². The van der Waals surface area contributed by atoms with Crippen LogP contribution in [0.5, 0.6) is 0 Å². The molecule has 0 amide bonds. The van der Waals surface area contributed by atoms with Gasteiger partial charge in [0.05, 0.1) is 24.8 Å². The van der Waals surface area contributed by atoms with E-state index in [0.29, 0.717) is 11.6 Å². The van der Waals surface area contributed by atoms with Crippen LogP contribution in [0.25, 0.3) is 33.6 Å². The van der Waals surface area contributed by atoms with Gasteiger partial charge in [0.25, 0.3) is 0 Å². The first-order valence-electron chi connectivity index (χ1n) is 8.85. The maximum Gasteiger partial charge on any atom is 0.134 e. The third-order valence-electron chi connectivity index (χ3n) is 4.70. The lowest BCUT2D eigenvalue weighted by molar-refractivity contribution is 0.597. The van der Waals surface area contributed by atoms with Gasteiger partial charge < -0.3 is 9.73 Å². The Bertz CT molecular complexity index is 1140. The van der Waals surface area contributed by atoms with Gasteiger partial charge in [0.2, 0.25) is 0 Å². The number of hydrogen-bond acceptors (Lipinski definition) is 4. The quantitative estimate of drug-likeness (QED) is 0.565. The highest BCUT2D eigenvalue weighted by Gasteiger charge is 2.12. The van der Waals surface area contributed by atoms with Crippen molar-refractivity contribution in [1.29, 1.82) is 0 Å². The molecule has 1 N–H and O–H groups in total. The molecule has 0 bridgehead atoms. The Balaban J connectivity index is 1.44. The van der Waals surface area contributed by atoms with E-state index in [9.17, 15) is 0 Å². The molecule has 0 saturated carbocycles. The van der Waals surface area contributed by atoms with Crippen molar-refractivity contribution in [3.05, 3.63) is 65.8 Å². The minimum absolute atomic E-state index is 0.671. The number of amidine groups is 1. The fraction of sp³-hybridized carbons (Fsp3) is 0.143. The molecular formula is C21H17ClN4O. The van der Waals surface area contributed by atoms with Crippen LogP contribution in [0.1, 0.15) is 0 Å². The Labute approximate surface area is 161 Å². The monoisotopic (exact) mass is 376 g/mol. The molecule has 0 unspecified atom stereocenters. The number of rotatable bonds is 4. The lowest BCUT2D eigenvalue weighted by Crippen LogP contribution is -2.24. The van der Waals surface area contributed by atoms with E-state index in [1.807, 2.05) is 47.3 Å². The molecule has 2 aromatic carbocycles. The summed E-state index contributed by atoms with van der Waals surface area (Å²) in [5.74, 6) is 2.64. The molecule has 5 rings (SSSR count). The van der Waals surface area contributed by atoms with Gasteiger partial charge >= 0.3 is 0 Å². The van der Waals surface area contributed by atoms with Gasteiger partial charge in [-0.3, -0.25) is 9.67 Å². The topological polar surface area (TPSA) is 55.4 Å². The first-order valence-corrected chi connectivity index (χ1v) is 9.23. The highest BCUT2D eigenvalue weighted by atomic mass is 35.5. The van der Waals surface area contributed by atoms with Gasteiger partial charge in [-0.2, -0.15) is 5.10 Å². The molecule has 0 atom stereocenters. The molecule has 0 saturated heterocycles. The number of furan rings is 1. The maximum atomic E-state index is 6.06. The summed E-state index contributed by atoms with van der Waals surface area (Å²) in [6, 6.07) is 17.9. The standard InChI is InChI=1S/C21H17ClN4O/c22-17-4-1-14(2-5-17)19-7-8-20(27-19)15-3-6-18-16(11-15)12-25-26(18)13-21-23-9-10-24-21/h1-8,11-12H,9-10,13H2,(H,23,24). The maximum absolute atomic E-state index is 6.06. The van der Waals surface area contributed by atoms with E-state index in [2.05, 4.69) is 33.6 Å². The summed E-state index contributed by atoms with van der Waals surface area (Å²) in [6.07, 6.45) is 1.89. The zero-order valence-corrected chi connectivity index (χ0v) is 15.3. The normalized spacial score (nSPS) is 13.7.